The molecule has 0 aliphatic carbocycles. The molecular formula is C26H29N3O3. The Morgan fingerprint density at radius 3 is 2.12 bits per heavy atom. The second kappa shape index (κ2) is 11.7. The molecule has 0 aliphatic heterocycles. The largest absolute Gasteiger partial charge is 0.494 e. The van der Waals surface area contributed by atoms with Gasteiger partial charge in [0.05, 0.1) is 6.61 Å². The van der Waals surface area contributed by atoms with Crippen molar-refractivity contribution in [3.63, 3.8) is 0 Å². The fourth-order valence-electron chi connectivity index (χ4n) is 3.17. The lowest BCUT2D eigenvalue weighted by atomic mass is 10.1. The van der Waals surface area contributed by atoms with E-state index in [1.807, 2.05) is 62.6 Å². The molecule has 32 heavy (non-hydrogen) atoms. The van der Waals surface area contributed by atoms with Gasteiger partial charge in [-0.3, -0.25) is 9.59 Å². The quantitative estimate of drug-likeness (QED) is 0.474. The second-order valence-corrected chi connectivity index (χ2v) is 7.70. The molecule has 0 spiro atoms. The highest BCUT2D eigenvalue weighted by Gasteiger charge is 2.23. The minimum Gasteiger partial charge on any atom is -0.494 e. The molecule has 0 radical (unpaired) electrons. The summed E-state index contributed by atoms with van der Waals surface area (Å²) in [4.78, 5) is 27.9. The van der Waals surface area contributed by atoms with Crippen molar-refractivity contribution in [2.24, 2.45) is 0 Å². The molecule has 2 N–H and O–H groups in total. The molecule has 3 rings (SSSR count). The van der Waals surface area contributed by atoms with Crippen LogP contribution in [0.5, 0.6) is 5.75 Å². The number of carbonyl (C=O) groups is 2. The van der Waals surface area contributed by atoms with Crippen molar-refractivity contribution in [2.75, 3.05) is 32.6 Å². The second-order valence-electron chi connectivity index (χ2n) is 7.70. The molecule has 0 aliphatic rings. The molecule has 0 aromatic heterocycles. The number of hydrogen-bond donors (Lipinski definition) is 2. The van der Waals surface area contributed by atoms with Crippen molar-refractivity contribution in [2.45, 2.75) is 12.5 Å². The Bertz CT molecular complexity index is 990. The summed E-state index contributed by atoms with van der Waals surface area (Å²) < 4.78 is 5.74. The minimum absolute atomic E-state index is 0.309. The van der Waals surface area contributed by atoms with Gasteiger partial charge in [-0.05, 0) is 62.5 Å². The summed E-state index contributed by atoms with van der Waals surface area (Å²) in [7, 11) is 4.06. The summed E-state index contributed by atoms with van der Waals surface area (Å²) in [5, 5.41) is 5.74. The van der Waals surface area contributed by atoms with Gasteiger partial charge in [0.2, 0.25) is 0 Å². The predicted molar refractivity (Wildman–Crippen MR) is 127 cm³/mol. The standard InChI is InChI=1S/C26H29N3O3/c1-29(2)18-9-19-32-23-16-14-22(15-17-23)27-26(31)24(20-10-5-3-6-11-20)28-25(30)21-12-7-4-8-13-21/h3-8,10-17,24H,9,18-19H2,1-2H3,(H,27,31)(H,28,30). The number of nitrogens with zero attached hydrogens (tertiary/aromatic N) is 1. The summed E-state index contributed by atoms with van der Waals surface area (Å²) in [6.45, 7) is 1.59. The number of benzene rings is 3. The highest BCUT2D eigenvalue weighted by Crippen LogP contribution is 2.20. The van der Waals surface area contributed by atoms with Gasteiger partial charge in [-0.1, -0.05) is 48.5 Å². The third-order valence-corrected chi connectivity index (χ3v) is 4.85. The first kappa shape index (κ1) is 23.0. The molecule has 6 heteroatoms. The molecule has 1 unspecified atom stereocenters. The van der Waals surface area contributed by atoms with Crippen molar-refractivity contribution < 1.29 is 14.3 Å². The van der Waals surface area contributed by atoms with Gasteiger partial charge in [0.15, 0.2) is 0 Å². The number of carbonyl (C=O) groups excluding carboxylic acids is 2. The van der Waals surface area contributed by atoms with Gasteiger partial charge in [0, 0.05) is 17.8 Å². The molecule has 0 saturated heterocycles. The molecule has 0 bridgehead atoms. The van der Waals surface area contributed by atoms with Crippen LogP contribution >= 0.6 is 0 Å². The summed E-state index contributed by atoms with van der Waals surface area (Å²) in [6, 6.07) is 24.4. The lowest BCUT2D eigenvalue weighted by Crippen LogP contribution is -2.37. The first-order valence-electron chi connectivity index (χ1n) is 10.6. The van der Waals surface area contributed by atoms with E-state index in [4.69, 9.17) is 4.74 Å². The van der Waals surface area contributed by atoms with E-state index in [1.54, 1.807) is 36.4 Å². The molecule has 3 aromatic rings. The Kier molecular flexibility index (Phi) is 8.40. The van der Waals surface area contributed by atoms with Gasteiger partial charge in [-0.2, -0.15) is 0 Å². The van der Waals surface area contributed by atoms with Crippen LogP contribution in [0.2, 0.25) is 0 Å². The van der Waals surface area contributed by atoms with Gasteiger partial charge in [-0.15, -0.1) is 0 Å². The molecule has 3 aromatic carbocycles. The van der Waals surface area contributed by atoms with Crippen molar-refractivity contribution in [1.29, 1.82) is 0 Å². The van der Waals surface area contributed by atoms with Gasteiger partial charge in [0.25, 0.3) is 11.8 Å². The predicted octanol–water partition coefficient (Wildman–Crippen LogP) is 4.13. The Balaban J connectivity index is 1.65. The summed E-state index contributed by atoms with van der Waals surface area (Å²) in [5.74, 6) is 0.120. The maximum absolute atomic E-state index is 13.1. The molecule has 1 atom stereocenters. The van der Waals surface area contributed by atoms with Crippen molar-refractivity contribution >= 4 is 17.5 Å². The number of rotatable bonds is 10. The topological polar surface area (TPSA) is 70.7 Å². The van der Waals surface area contributed by atoms with Gasteiger partial charge >= 0.3 is 0 Å². The summed E-state index contributed by atoms with van der Waals surface area (Å²) >= 11 is 0. The fourth-order valence-corrected chi connectivity index (χ4v) is 3.17. The minimum atomic E-state index is -0.828. The number of ether oxygens (including phenoxy) is 1. The van der Waals surface area contributed by atoms with Gasteiger partial charge in [0.1, 0.15) is 11.8 Å². The summed E-state index contributed by atoms with van der Waals surface area (Å²) in [5.41, 5.74) is 1.83. The maximum atomic E-state index is 13.1. The fraction of sp³-hybridized carbons (Fsp3) is 0.231. The van der Waals surface area contributed by atoms with E-state index in [0.29, 0.717) is 23.4 Å². The first-order chi connectivity index (χ1) is 15.5. The third kappa shape index (κ3) is 6.96. The van der Waals surface area contributed by atoms with Crippen molar-refractivity contribution in [3.8, 4) is 5.75 Å². The zero-order valence-corrected chi connectivity index (χ0v) is 18.5. The van der Waals surface area contributed by atoms with Crippen molar-refractivity contribution in [1.82, 2.24) is 10.2 Å². The highest BCUT2D eigenvalue weighted by molar-refractivity contribution is 6.01. The molecule has 0 saturated carbocycles. The van der Waals surface area contributed by atoms with Gasteiger partial charge < -0.3 is 20.3 Å². The van der Waals surface area contributed by atoms with Crippen LogP contribution in [0.3, 0.4) is 0 Å². The van der Waals surface area contributed by atoms with Crippen LogP contribution in [0.15, 0.2) is 84.9 Å². The molecular weight excluding hydrogens is 402 g/mol. The van der Waals surface area contributed by atoms with Crippen LogP contribution in [0.4, 0.5) is 5.69 Å². The van der Waals surface area contributed by atoms with Crippen LogP contribution < -0.4 is 15.4 Å². The number of hydrogen-bond acceptors (Lipinski definition) is 4. The van der Waals surface area contributed by atoms with Crippen molar-refractivity contribution in [3.05, 3.63) is 96.1 Å². The van der Waals surface area contributed by atoms with E-state index in [1.165, 1.54) is 0 Å². The lowest BCUT2D eigenvalue weighted by Gasteiger charge is -2.19. The number of anilines is 1. The Hall–Kier alpha value is -3.64. The Morgan fingerprint density at radius 2 is 1.50 bits per heavy atom. The smallest absolute Gasteiger partial charge is 0.252 e. The van der Waals surface area contributed by atoms with Crippen LogP contribution in [0.25, 0.3) is 0 Å². The highest BCUT2D eigenvalue weighted by atomic mass is 16.5. The lowest BCUT2D eigenvalue weighted by molar-refractivity contribution is -0.118. The van der Waals surface area contributed by atoms with Crippen LogP contribution in [-0.2, 0) is 4.79 Å². The molecule has 6 nitrogen and oxygen atoms in total. The van der Waals surface area contributed by atoms with Crippen LogP contribution in [-0.4, -0.2) is 44.0 Å². The molecule has 2 amide bonds. The summed E-state index contributed by atoms with van der Waals surface area (Å²) in [6.07, 6.45) is 0.936. The van der Waals surface area contributed by atoms with E-state index in [9.17, 15) is 9.59 Å². The molecule has 0 heterocycles. The number of nitrogens with one attached hydrogen (secondary N) is 2. The maximum Gasteiger partial charge on any atom is 0.252 e. The van der Waals surface area contributed by atoms with Crippen LogP contribution in [0.1, 0.15) is 28.4 Å². The zero-order valence-electron chi connectivity index (χ0n) is 18.5. The monoisotopic (exact) mass is 431 g/mol. The third-order valence-electron chi connectivity index (χ3n) is 4.85. The normalized spacial score (nSPS) is 11.6. The van der Waals surface area contributed by atoms with E-state index in [0.717, 1.165) is 18.7 Å². The Morgan fingerprint density at radius 1 is 0.875 bits per heavy atom. The molecule has 166 valence electrons. The van der Waals surface area contributed by atoms with E-state index in [-0.39, 0.29) is 11.8 Å². The average molecular weight is 432 g/mol. The van der Waals surface area contributed by atoms with E-state index in [2.05, 4.69) is 15.5 Å². The Labute approximate surface area is 189 Å². The SMILES string of the molecule is CN(C)CCCOc1ccc(NC(=O)C(NC(=O)c2ccccc2)c2ccccc2)cc1. The van der Waals surface area contributed by atoms with E-state index >= 15 is 0 Å². The zero-order chi connectivity index (χ0) is 22.8. The first-order valence-corrected chi connectivity index (χ1v) is 10.6. The van der Waals surface area contributed by atoms with Gasteiger partial charge in [-0.25, -0.2) is 0 Å². The number of amides is 2. The van der Waals surface area contributed by atoms with E-state index < -0.39 is 6.04 Å². The van der Waals surface area contributed by atoms with Crippen LogP contribution in [0, 0.1) is 0 Å². The molecule has 0 fully saturated rings. The average Bonchev–Trinajstić information content (AvgIpc) is 2.82.